The highest BCUT2D eigenvalue weighted by Crippen LogP contribution is 2.64. The first kappa shape index (κ1) is 9.14. The number of hydrogen-bond donors (Lipinski definition) is 0. The highest BCUT2D eigenvalue weighted by molar-refractivity contribution is 5.90. The molecule has 3 rings (SSSR count). The summed E-state index contributed by atoms with van der Waals surface area (Å²) in [6, 6.07) is 10.5. The maximum Gasteiger partial charge on any atom is 0.139 e. The minimum Gasteiger partial charge on any atom is -0.299 e. The topological polar surface area (TPSA) is 17.1 Å². The van der Waals surface area contributed by atoms with Crippen LogP contribution < -0.4 is 0 Å². The van der Waals surface area contributed by atoms with Gasteiger partial charge in [0, 0.05) is 11.8 Å². The van der Waals surface area contributed by atoms with E-state index < -0.39 is 0 Å². The van der Waals surface area contributed by atoms with Gasteiger partial charge in [-0.15, -0.1) is 0 Å². The van der Waals surface area contributed by atoms with Gasteiger partial charge < -0.3 is 0 Å². The van der Waals surface area contributed by atoms with Crippen LogP contribution in [0.2, 0.25) is 0 Å². The maximum absolute atomic E-state index is 12.0. The Morgan fingerprint density at radius 3 is 2.67 bits per heavy atom. The summed E-state index contributed by atoms with van der Waals surface area (Å²) in [7, 11) is 0. The molecular weight excluding hydrogens is 184 g/mol. The van der Waals surface area contributed by atoms with Gasteiger partial charge in [0.1, 0.15) is 5.78 Å². The third kappa shape index (κ3) is 1.33. The molecule has 1 aromatic rings. The first-order chi connectivity index (χ1) is 7.33. The highest BCUT2D eigenvalue weighted by Gasteiger charge is 2.59. The van der Waals surface area contributed by atoms with E-state index in [1.54, 1.807) is 0 Å². The van der Waals surface area contributed by atoms with Crippen molar-refractivity contribution in [2.75, 3.05) is 0 Å². The zero-order chi connectivity index (χ0) is 10.3. The number of rotatable bonds is 1. The molecule has 2 saturated carbocycles. The molecule has 2 aliphatic rings. The number of benzene rings is 1. The fourth-order valence-corrected chi connectivity index (χ4v) is 3.13. The van der Waals surface area contributed by atoms with Crippen molar-refractivity contribution in [2.24, 2.45) is 5.41 Å². The van der Waals surface area contributed by atoms with E-state index in [9.17, 15) is 4.79 Å². The summed E-state index contributed by atoms with van der Waals surface area (Å²) in [4.78, 5) is 12.0. The van der Waals surface area contributed by atoms with Gasteiger partial charge in [-0.1, -0.05) is 36.8 Å². The summed E-state index contributed by atoms with van der Waals surface area (Å²) in [5.41, 5.74) is 1.44. The van der Waals surface area contributed by atoms with Gasteiger partial charge in [0.2, 0.25) is 0 Å². The summed E-state index contributed by atoms with van der Waals surface area (Å²) in [6.07, 6.45) is 5.42. The van der Waals surface area contributed by atoms with Gasteiger partial charge in [-0.2, -0.15) is 0 Å². The van der Waals surface area contributed by atoms with Crippen LogP contribution >= 0.6 is 0 Å². The lowest BCUT2D eigenvalue weighted by Gasteiger charge is -2.21. The van der Waals surface area contributed by atoms with Crippen LogP contribution in [0.15, 0.2) is 30.3 Å². The first-order valence-electron chi connectivity index (χ1n) is 5.91. The quantitative estimate of drug-likeness (QED) is 0.679. The van der Waals surface area contributed by atoms with E-state index in [0.717, 1.165) is 25.7 Å². The average Bonchev–Trinajstić information content (AvgIpc) is 3.00. The zero-order valence-electron chi connectivity index (χ0n) is 8.91. The van der Waals surface area contributed by atoms with Gasteiger partial charge in [-0.05, 0) is 30.7 Å². The number of carbonyl (C=O) groups is 1. The molecule has 0 N–H and O–H groups in total. The predicted octanol–water partition coefficient (Wildman–Crippen LogP) is 3.30. The van der Waals surface area contributed by atoms with Crippen molar-refractivity contribution in [1.29, 1.82) is 0 Å². The second-order valence-electron chi connectivity index (χ2n) is 4.95. The summed E-state index contributed by atoms with van der Waals surface area (Å²) in [5, 5.41) is 0. The number of ketones is 1. The van der Waals surface area contributed by atoms with E-state index in [4.69, 9.17) is 0 Å². The minimum absolute atomic E-state index is 0.0691. The summed E-state index contributed by atoms with van der Waals surface area (Å²) in [6.45, 7) is 0. The molecule has 2 aliphatic carbocycles. The Kier molecular flexibility index (Phi) is 1.95. The van der Waals surface area contributed by atoms with E-state index in [2.05, 4.69) is 24.3 Å². The Bertz CT molecular complexity index is 382. The molecule has 78 valence electrons. The minimum atomic E-state index is 0.0691. The SMILES string of the molecule is O=C1CCCCC12CC2c1ccccc1. The van der Waals surface area contributed by atoms with E-state index >= 15 is 0 Å². The maximum atomic E-state index is 12.0. The Labute approximate surface area is 90.5 Å². The lowest BCUT2D eigenvalue weighted by Crippen LogP contribution is -2.21. The molecule has 0 aliphatic heterocycles. The molecule has 2 unspecified atom stereocenters. The molecule has 2 fully saturated rings. The smallest absolute Gasteiger partial charge is 0.139 e. The van der Waals surface area contributed by atoms with Crippen molar-refractivity contribution in [1.82, 2.24) is 0 Å². The number of Topliss-reactive ketones (excluding diaryl/α,β-unsaturated/α-hetero) is 1. The van der Waals surface area contributed by atoms with Gasteiger partial charge in [0.25, 0.3) is 0 Å². The predicted molar refractivity (Wildman–Crippen MR) is 59.7 cm³/mol. The van der Waals surface area contributed by atoms with Crippen molar-refractivity contribution >= 4 is 5.78 Å². The van der Waals surface area contributed by atoms with Gasteiger partial charge in [0.15, 0.2) is 0 Å². The zero-order valence-corrected chi connectivity index (χ0v) is 8.91. The third-order valence-corrected chi connectivity index (χ3v) is 4.11. The highest BCUT2D eigenvalue weighted by atomic mass is 16.1. The molecule has 0 radical (unpaired) electrons. The van der Waals surface area contributed by atoms with Crippen LogP contribution in [0.5, 0.6) is 0 Å². The number of hydrogen-bond acceptors (Lipinski definition) is 1. The van der Waals surface area contributed by atoms with Crippen LogP contribution in [0, 0.1) is 5.41 Å². The lowest BCUT2D eigenvalue weighted by atomic mass is 9.82. The molecule has 0 bridgehead atoms. The van der Waals surface area contributed by atoms with Crippen LogP contribution in [0.1, 0.15) is 43.6 Å². The normalized spacial score (nSPS) is 34.4. The summed E-state index contributed by atoms with van der Waals surface area (Å²) in [5.74, 6) is 1.06. The Hall–Kier alpha value is -1.11. The fraction of sp³-hybridized carbons (Fsp3) is 0.500. The molecule has 1 heteroatoms. The monoisotopic (exact) mass is 200 g/mol. The number of carbonyl (C=O) groups excluding carboxylic acids is 1. The largest absolute Gasteiger partial charge is 0.299 e. The second kappa shape index (κ2) is 3.19. The Morgan fingerprint density at radius 1 is 1.13 bits per heavy atom. The summed E-state index contributed by atoms with van der Waals surface area (Å²) < 4.78 is 0. The molecule has 15 heavy (non-hydrogen) atoms. The Morgan fingerprint density at radius 2 is 1.93 bits per heavy atom. The molecule has 0 saturated heterocycles. The van der Waals surface area contributed by atoms with Crippen molar-refractivity contribution in [3.63, 3.8) is 0 Å². The van der Waals surface area contributed by atoms with Gasteiger partial charge in [-0.25, -0.2) is 0 Å². The van der Waals surface area contributed by atoms with Crippen LogP contribution in [0.4, 0.5) is 0 Å². The van der Waals surface area contributed by atoms with E-state index in [1.807, 2.05) is 6.07 Å². The fourth-order valence-electron chi connectivity index (χ4n) is 3.13. The van der Waals surface area contributed by atoms with Crippen LogP contribution in [0.3, 0.4) is 0 Å². The molecule has 0 amide bonds. The molecule has 1 nitrogen and oxygen atoms in total. The third-order valence-electron chi connectivity index (χ3n) is 4.11. The average molecular weight is 200 g/mol. The van der Waals surface area contributed by atoms with E-state index in [0.29, 0.717) is 11.7 Å². The Balaban J connectivity index is 1.85. The molecule has 1 aromatic carbocycles. The van der Waals surface area contributed by atoms with Gasteiger partial charge >= 0.3 is 0 Å². The molecule has 0 aromatic heterocycles. The van der Waals surface area contributed by atoms with Crippen LogP contribution in [-0.4, -0.2) is 5.78 Å². The van der Waals surface area contributed by atoms with Crippen molar-refractivity contribution < 1.29 is 4.79 Å². The first-order valence-corrected chi connectivity index (χ1v) is 5.91. The molecular formula is C14H16O. The summed E-state index contributed by atoms with van der Waals surface area (Å²) >= 11 is 0. The standard InChI is InChI=1S/C14H16O/c15-13-8-4-5-9-14(13)10-12(14)11-6-2-1-3-7-11/h1-3,6-7,12H,4-5,8-10H2. The van der Waals surface area contributed by atoms with Crippen molar-refractivity contribution in [2.45, 2.75) is 38.0 Å². The van der Waals surface area contributed by atoms with Crippen molar-refractivity contribution in [3.8, 4) is 0 Å². The van der Waals surface area contributed by atoms with Crippen LogP contribution in [0.25, 0.3) is 0 Å². The van der Waals surface area contributed by atoms with Gasteiger partial charge in [-0.3, -0.25) is 4.79 Å². The van der Waals surface area contributed by atoms with Crippen LogP contribution in [-0.2, 0) is 4.79 Å². The molecule has 1 spiro atoms. The van der Waals surface area contributed by atoms with E-state index in [-0.39, 0.29) is 5.41 Å². The lowest BCUT2D eigenvalue weighted by molar-refractivity contribution is -0.126. The molecule has 2 atom stereocenters. The second-order valence-corrected chi connectivity index (χ2v) is 4.95. The molecule has 0 heterocycles. The van der Waals surface area contributed by atoms with Crippen molar-refractivity contribution in [3.05, 3.63) is 35.9 Å². The van der Waals surface area contributed by atoms with Gasteiger partial charge in [0.05, 0.1) is 0 Å². The van der Waals surface area contributed by atoms with E-state index in [1.165, 1.54) is 12.0 Å².